The highest BCUT2D eigenvalue weighted by Crippen LogP contribution is 2.15. The lowest BCUT2D eigenvalue weighted by Crippen LogP contribution is -2.30. The Balaban J connectivity index is 4.46. The second-order valence-electron chi connectivity index (χ2n) is 21.3. The van der Waals surface area contributed by atoms with Crippen LogP contribution in [0.3, 0.4) is 0 Å². The number of ether oxygens (including phenoxy) is 3. The lowest BCUT2D eigenvalue weighted by Gasteiger charge is -2.18. The van der Waals surface area contributed by atoms with Crippen LogP contribution in [0.15, 0.2) is 134 Å². The maximum atomic E-state index is 12.9. The molecule has 0 aliphatic heterocycles. The molecule has 0 aromatic heterocycles. The molecule has 0 bridgehead atoms. The highest BCUT2D eigenvalue weighted by Gasteiger charge is 2.19. The molecule has 1 unspecified atom stereocenters. The molecular weight excluding hydrogens is 973 g/mol. The molecule has 0 radical (unpaired) electrons. The Kier molecular flexibility index (Phi) is 62.3. The molecule has 0 aromatic rings. The van der Waals surface area contributed by atoms with Crippen LogP contribution in [0.1, 0.15) is 290 Å². The number of hydrogen-bond donors (Lipinski definition) is 0. The summed E-state index contributed by atoms with van der Waals surface area (Å²) in [5.41, 5.74) is 0. The van der Waals surface area contributed by atoms with Crippen LogP contribution in [0.2, 0.25) is 0 Å². The Morgan fingerprint density at radius 2 is 0.494 bits per heavy atom. The molecule has 448 valence electrons. The molecular formula is C73H120O6. The largest absolute Gasteiger partial charge is 0.462 e. The Morgan fingerprint density at radius 3 is 0.772 bits per heavy atom. The van der Waals surface area contributed by atoms with Gasteiger partial charge < -0.3 is 14.2 Å². The van der Waals surface area contributed by atoms with Gasteiger partial charge >= 0.3 is 17.9 Å². The maximum absolute atomic E-state index is 12.9. The van der Waals surface area contributed by atoms with Crippen LogP contribution in [-0.4, -0.2) is 37.2 Å². The average Bonchev–Trinajstić information content (AvgIpc) is 3.45. The van der Waals surface area contributed by atoms with Crippen LogP contribution < -0.4 is 0 Å². The Hall–Kier alpha value is -4.45. The van der Waals surface area contributed by atoms with Gasteiger partial charge in [0.05, 0.1) is 0 Å². The van der Waals surface area contributed by atoms with Crippen molar-refractivity contribution in [1.82, 2.24) is 0 Å². The number of unbranched alkanes of at least 4 members (excludes halogenated alkanes) is 25. The number of hydrogen-bond acceptors (Lipinski definition) is 6. The Labute approximate surface area is 487 Å². The highest BCUT2D eigenvalue weighted by molar-refractivity contribution is 5.71. The Bertz CT molecular complexity index is 1680. The van der Waals surface area contributed by atoms with E-state index in [9.17, 15) is 14.4 Å². The molecule has 0 N–H and O–H groups in total. The maximum Gasteiger partial charge on any atom is 0.306 e. The zero-order chi connectivity index (χ0) is 57.1. The molecule has 0 saturated heterocycles. The molecule has 0 saturated carbocycles. The second kappa shape index (κ2) is 66.1. The van der Waals surface area contributed by atoms with Crippen molar-refractivity contribution in [2.75, 3.05) is 13.2 Å². The minimum absolute atomic E-state index is 0.0935. The summed E-state index contributed by atoms with van der Waals surface area (Å²) < 4.78 is 16.9. The van der Waals surface area contributed by atoms with Gasteiger partial charge in [0.15, 0.2) is 6.10 Å². The first-order chi connectivity index (χ1) is 39.0. The number of allylic oxidation sites excluding steroid dienone is 22. The minimum Gasteiger partial charge on any atom is -0.462 e. The number of esters is 3. The van der Waals surface area contributed by atoms with E-state index in [1.807, 2.05) is 0 Å². The predicted molar refractivity (Wildman–Crippen MR) is 343 cm³/mol. The van der Waals surface area contributed by atoms with E-state index < -0.39 is 6.10 Å². The van der Waals surface area contributed by atoms with Crippen molar-refractivity contribution < 1.29 is 28.6 Å². The third kappa shape index (κ3) is 64.3. The Morgan fingerprint density at radius 1 is 0.266 bits per heavy atom. The van der Waals surface area contributed by atoms with Gasteiger partial charge in [-0.2, -0.15) is 0 Å². The quantitative estimate of drug-likeness (QED) is 0.0261. The summed E-state index contributed by atoms with van der Waals surface area (Å²) in [6, 6.07) is 0. The van der Waals surface area contributed by atoms with Crippen molar-refractivity contribution in [3.05, 3.63) is 134 Å². The summed E-state index contributed by atoms with van der Waals surface area (Å²) in [7, 11) is 0. The van der Waals surface area contributed by atoms with E-state index in [0.29, 0.717) is 19.3 Å². The summed E-state index contributed by atoms with van der Waals surface area (Å²) >= 11 is 0. The minimum atomic E-state index is -0.799. The van der Waals surface area contributed by atoms with Crippen molar-refractivity contribution in [2.45, 2.75) is 297 Å². The monoisotopic (exact) mass is 1090 g/mol. The fraction of sp³-hybridized carbons (Fsp3) is 0.658. The molecule has 6 nitrogen and oxygen atoms in total. The molecule has 0 heterocycles. The zero-order valence-corrected chi connectivity index (χ0v) is 51.3. The summed E-state index contributed by atoms with van der Waals surface area (Å²) in [6.07, 6.45) is 93.0. The molecule has 0 rings (SSSR count). The number of carbonyl (C=O) groups is 3. The average molecular weight is 1090 g/mol. The van der Waals surface area contributed by atoms with Gasteiger partial charge in [0, 0.05) is 19.3 Å². The van der Waals surface area contributed by atoms with Crippen LogP contribution in [0.25, 0.3) is 0 Å². The normalized spacial score (nSPS) is 13.0. The van der Waals surface area contributed by atoms with E-state index in [2.05, 4.69) is 154 Å². The first-order valence-electron chi connectivity index (χ1n) is 32.7. The van der Waals surface area contributed by atoms with E-state index in [1.54, 1.807) is 0 Å². The zero-order valence-electron chi connectivity index (χ0n) is 51.3. The third-order valence-corrected chi connectivity index (χ3v) is 13.6. The molecule has 0 aromatic carbocycles. The van der Waals surface area contributed by atoms with Crippen LogP contribution in [0.4, 0.5) is 0 Å². The molecule has 0 fully saturated rings. The summed E-state index contributed by atoms with van der Waals surface area (Å²) in [5, 5.41) is 0. The van der Waals surface area contributed by atoms with Crippen molar-refractivity contribution in [2.24, 2.45) is 0 Å². The van der Waals surface area contributed by atoms with Crippen molar-refractivity contribution in [3.63, 3.8) is 0 Å². The summed E-state index contributed by atoms with van der Waals surface area (Å²) in [5.74, 6) is -0.917. The lowest BCUT2D eigenvalue weighted by molar-refractivity contribution is -0.167. The van der Waals surface area contributed by atoms with Crippen LogP contribution in [0, 0.1) is 0 Å². The van der Waals surface area contributed by atoms with Gasteiger partial charge in [-0.15, -0.1) is 0 Å². The van der Waals surface area contributed by atoms with Crippen molar-refractivity contribution >= 4 is 17.9 Å². The van der Waals surface area contributed by atoms with Gasteiger partial charge in [0.1, 0.15) is 13.2 Å². The lowest BCUT2D eigenvalue weighted by atomic mass is 10.1. The molecule has 0 aliphatic rings. The van der Waals surface area contributed by atoms with E-state index in [0.717, 1.165) is 141 Å². The van der Waals surface area contributed by atoms with Gasteiger partial charge in [-0.3, -0.25) is 14.4 Å². The van der Waals surface area contributed by atoms with Gasteiger partial charge in [-0.05, 0) is 135 Å². The summed E-state index contributed by atoms with van der Waals surface area (Å²) in [4.78, 5) is 38.4. The van der Waals surface area contributed by atoms with E-state index >= 15 is 0 Å². The topological polar surface area (TPSA) is 78.9 Å². The first kappa shape index (κ1) is 74.5. The molecule has 79 heavy (non-hydrogen) atoms. The van der Waals surface area contributed by atoms with E-state index in [-0.39, 0.29) is 31.1 Å². The van der Waals surface area contributed by atoms with Crippen molar-refractivity contribution in [3.8, 4) is 0 Å². The third-order valence-electron chi connectivity index (χ3n) is 13.6. The molecule has 1 atom stereocenters. The predicted octanol–water partition coefficient (Wildman–Crippen LogP) is 22.5. The van der Waals surface area contributed by atoms with Crippen LogP contribution >= 0.6 is 0 Å². The second-order valence-corrected chi connectivity index (χ2v) is 21.3. The highest BCUT2D eigenvalue weighted by atomic mass is 16.6. The van der Waals surface area contributed by atoms with E-state index in [1.165, 1.54) is 109 Å². The standard InChI is InChI=1S/C73H120O6/c1-4-7-10-13-16-19-22-25-28-31-34-36-39-42-45-48-51-54-57-60-63-66-72(75)78-69-70(68-77-71(74)65-62-59-56-53-50-47-44-41-38-33-30-27-24-21-18-15-12-9-6-3)79-73(76)67-64-61-58-55-52-49-46-43-40-37-35-32-29-26-23-20-17-14-11-8-5-2/h7-8,10-11,16-21,25-30,34-38,41,70H,4-6,9,12-15,22-24,31-33,39-40,42-69H2,1-3H3/b10-7-,11-8-,19-16-,20-17-,21-18-,28-25-,29-26-,30-27-,36-34-,37-35-,41-38-. The summed E-state index contributed by atoms with van der Waals surface area (Å²) in [6.45, 7) is 6.38. The fourth-order valence-corrected chi connectivity index (χ4v) is 8.79. The number of rotatable bonds is 58. The van der Waals surface area contributed by atoms with Crippen molar-refractivity contribution in [1.29, 1.82) is 0 Å². The molecule has 0 amide bonds. The SMILES string of the molecule is CC/C=C\C/C=C\C/C=C\C/C=C\CCCCCCCCCCC(=O)OCC(COC(=O)CCCCCCCC/C=C\C/C=C\C/C=C\CCCCC)OC(=O)CCCCCCCCCC/C=C\C/C=C\C/C=C\C/C=C\CC. The smallest absolute Gasteiger partial charge is 0.306 e. The van der Waals surface area contributed by atoms with Crippen LogP contribution in [0.5, 0.6) is 0 Å². The van der Waals surface area contributed by atoms with Gasteiger partial charge in [-0.25, -0.2) is 0 Å². The number of carbonyl (C=O) groups excluding carboxylic acids is 3. The van der Waals surface area contributed by atoms with E-state index in [4.69, 9.17) is 14.2 Å². The van der Waals surface area contributed by atoms with Gasteiger partial charge in [-0.1, -0.05) is 270 Å². The van der Waals surface area contributed by atoms with Gasteiger partial charge in [0.25, 0.3) is 0 Å². The molecule has 6 heteroatoms. The first-order valence-corrected chi connectivity index (χ1v) is 32.7. The molecule has 0 spiro atoms. The van der Waals surface area contributed by atoms with Gasteiger partial charge in [0.2, 0.25) is 0 Å². The molecule has 0 aliphatic carbocycles. The fourth-order valence-electron chi connectivity index (χ4n) is 8.79. The van der Waals surface area contributed by atoms with Crippen LogP contribution in [-0.2, 0) is 28.6 Å².